The topological polar surface area (TPSA) is 61.2 Å². The van der Waals surface area contributed by atoms with E-state index in [1.54, 1.807) is 13.4 Å². The summed E-state index contributed by atoms with van der Waals surface area (Å²) in [5, 5.41) is 10.9. The van der Waals surface area contributed by atoms with Crippen LogP contribution < -0.4 is 14.8 Å². The van der Waals surface area contributed by atoms with Crippen LogP contribution in [0.25, 0.3) is 0 Å². The molecule has 0 unspecified atom stereocenters. The Morgan fingerprint density at radius 1 is 1.32 bits per heavy atom. The molecule has 102 valence electrons. The normalized spacial score (nSPS) is 10.5. The smallest absolute Gasteiger partial charge is 0.170 e. The van der Waals surface area contributed by atoms with Crippen LogP contribution in [-0.4, -0.2) is 28.9 Å². The molecule has 1 heterocycles. The molecule has 0 atom stereocenters. The van der Waals surface area contributed by atoms with Crippen molar-refractivity contribution in [2.24, 2.45) is 7.05 Å². The predicted octanol–water partition coefficient (Wildman–Crippen LogP) is 1.12. The average Bonchev–Trinajstić information content (AvgIpc) is 2.82. The summed E-state index contributed by atoms with van der Waals surface area (Å²) in [7, 11) is 5.42. The maximum atomic E-state index is 5.76. The van der Waals surface area contributed by atoms with Crippen LogP contribution in [0, 0.1) is 0 Å². The van der Waals surface area contributed by atoms with Crippen molar-refractivity contribution in [1.29, 1.82) is 0 Å². The van der Waals surface area contributed by atoms with Gasteiger partial charge in [0.25, 0.3) is 0 Å². The van der Waals surface area contributed by atoms with E-state index in [9.17, 15) is 0 Å². The molecule has 0 radical (unpaired) electrons. The molecular formula is C13H18N4O2. The summed E-state index contributed by atoms with van der Waals surface area (Å²) in [6.45, 7) is 1.14. The van der Waals surface area contributed by atoms with E-state index in [0.717, 1.165) is 17.9 Å². The van der Waals surface area contributed by atoms with Crippen LogP contribution in [0.5, 0.6) is 11.5 Å². The van der Waals surface area contributed by atoms with Gasteiger partial charge >= 0.3 is 0 Å². The first kappa shape index (κ1) is 13.4. The van der Waals surface area contributed by atoms with Gasteiger partial charge in [-0.05, 0) is 24.7 Å². The molecule has 0 bridgehead atoms. The Hall–Kier alpha value is -2.08. The highest BCUT2D eigenvalue weighted by Gasteiger charge is 2.08. The highest BCUT2D eigenvalue weighted by Crippen LogP contribution is 2.28. The minimum Gasteiger partial charge on any atom is -0.493 e. The number of benzene rings is 1. The lowest BCUT2D eigenvalue weighted by atomic mass is 10.2. The molecule has 6 heteroatoms. The third-order valence-electron chi connectivity index (χ3n) is 2.77. The Morgan fingerprint density at radius 2 is 2.16 bits per heavy atom. The summed E-state index contributed by atoms with van der Waals surface area (Å²) in [6.07, 6.45) is 1.65. The number of rotatable bonds is 6. The van der Waals surface area contributed by atoms with Crippen molar-refractivity contribution < 1.29 is 9.47 Å². The van der Waals surface area contributed by atoms with E-state index >= 15 is 0 Å². The van der Waals surface area contributed by atoms with Crippen molar-refractivity contribution in [2.45, 2.75) is 13.2 Å². The molecule has 0 aliphatic carbocycles. The third kappa shape index (κ3) is 3.23. The number of methoxy groups -OCH3 is 1. The van der Waals surface area contributed by atoms with Crippen LogP contribution in [-0.2, 0) is 20.2 Å². The van der Waals surface area contributed by atoms with E-state index in [1.165, 1.54) is 0 Å². The zero-order chi connectivity index (χ0) is 13.7. The highest BCUT2D eigenvalue weighted by molar-refractivity contribution is 5.42. The minimum atomic E-state index is 0.357. The Balaban J connectivity index is 2.13. The lowest BCUT2D eigenvalue weighted by Gasteiger charge is -2.12. The third-order valence-corrected chi connectivity index (χ3v) is 2.77. The van der Waals surface area contributed by atoms with Crippen LogP contribution in [0.3, 0.4) is 0 Å². The number of nitrogens with one attached hydrogen (secondary N) is 1. The van der Waals surface area contributed by atoms with E-state index in [1.807, 2.05) is 36.9 Å². The first-order chi connectivity index (χ1) is 9.24. The van der Waals surface area contributed by atoms with E-state index in [-0.39, 0.29) is 0 Å². The van der Waals surface area contributed by atoms with E-state index in [2.05, 4.69) is 15.5 Å². The molecule has 0 aliphatic heterocycles. The van der Waals surface area contributed by atoms with Crippen molar-refractivity contribution >= 4 is 0 Å². The number of hydrogen-bond acceptors (Lipinski definition) is 5. The molecule has 1 aromatic heterocycles. The molecule has 1 aromatic carbocycles. The molecule has 0 amide bonds. The van der Waals surface area contributed by atoms with Crippen molar-refractivity contribution in [1.82, 2.24) is 20.1 Å². The van der Waals surface area contributed by atoms with Gasteiger partial charge in [0.05, 0.1) is 7.11 Å². The van der Waals surface area contributed by atoms with Gasteiger partial charge in [0.2, 0.25) is 0 Å². The molecule has 2 rings (SSSR count). The predicted molar refractivity (Wildman–Crippen MR) is 71.1 cm³/mol. The Morgan fingerprint density at radius 3 is 2.79 bits per heavy atom. The summed E-state index contributed by atoms with van der Waals surface area (Å²) >= 11 is 0. The van der Waals surface area contributed by atoms with Gasteiger partial charge in [0.15, 0.2) is 17.3 Å². The summed E-state index contributed by atoms with van der Waals surface area (Å²) in [6, 6.07) is 5.87. The summed E-state index contributed by atoms with van der Waals surface area (Å²) in [5.41, 5.74) is 1.14. The SMILES string of the molecule is CNCc1ccc(OC)c(OCc2nncn2C)c1. The van der Waals surface area contributed by atoms with E-state index < -0.39 is 0 Å². The standard InChI is InChI=1S/C13H18N4O2/c1-14-7-10-4-5-11(18-3)12(6-10)19-8-13-16-15-9-17(13)2/h4-6,9,14H,7-8H2,1-3H3. The van der Waals surface area contributed by atoms with Crippen molar-refractivity contribution in [3.8, 4) is 11.5 Å². The minimum absolute atomic E-state index is 0.357. The Labute approximate surface area is 112 Å². The fourth-order valence-electron chi connectivity index (χ4n) is 1.73. The second kappa shape index (κ2) is 6.19. The van der Waals surface area contributed by atoms with Gasteiger partial charge in [-0.1, -0.05) is 6.07 Å². The lowest BCUT2D eigenvalue weighted by molar-refractivity contribution is 0.272. The van der Waals surface area contributed by atoms with E-state index in [4.69, 9.17) is 9.47 Å². The zero-order valence-electron chi connectivity index (χ0n) is 11.4. The van der Waals surface area contributed by atoms with Crippen LogP contribution in [0.15, 0.2) is 24.5 Å². The van der Waals surface area contributed by atoms with Crippen LogP contribution >= 0.6 is 0 Å². The number of aromatic nitrogens is 3. The maximum Gasteiger partial charge on any atom is 0.170 e. The lowest BCUT2D eigenvalue weighted by Crippen LogP contribution is -2.07. The maximum absolute atomic E-state index is 5.76. The van der Waals surface area contributed by atoms with Crippen LogP contribution in [0.2, 0.25) is 0 Å². The molecular weight excluding hydrogens is 244 g/mol. The van der Waals surface area contributed by atoms with Gasteiger partial charge in [0.1, 0.15) is 12.9 Å². The zero-order valence-corrected chi connectivity index (χ0v) is 11.4. The van der Waals surface area contributed by atoms with Crippen LogP contribution in [0.4, 0.5) is 0 Å². The van der Waals surface area contributed by atoms with Gasteiger partial charge in [-0.3, -0.25) is 0 Å². The number of hydrogen-bond donors (Lipinski definition) is 1. The molecule has 1 N–H and O–H groups in total. The fraction of sp³-hybridized carbons (Fsp3) is 0.385. The first-order valence-corrected chi connectivity index (χ1v) is 6.01. The van der Waals surface area contributed by atoms with E-state index in [0.29, 0.717) is 18.1 Å². The molecule has 19 heavy (non-hydrogen) atoms. The molecule has 2 aromatic rings. The monoisotopic (exact) mass is 262 g/mol. The van der Waals surface area contributed by atoms with Gasteiger partial charge in [-0.2, -0.15) is 0 Å². The highest BCUT2D eigenvalue weighted by atomic mass is 16.5. The summed E-state index contributed by atoms with van der Waals surface area (Å²) in [5.74, 6) is 2.18. The van der Waals surface area contributed by atoms with Crippen molar-refractivity contribution in [2.75, 3.05) is 14.2 Å². The van der Waals surface area contributed by atoms with Gasteiger partial charge in [-0.15, -0.1) is 10.2 Å². The Bertz CT molecular complexity index is 539. The first-order valence-electron chi connectivity index (χ1n) is 6.01. The van der Waals surface area contributed by atoms with Crippen molar-refractivity contribution in [3.63, 3.8) is 0 Å². The number of ether oxygens (including phenoxy) is 2. The fourth-order valence-corrected chi connectivity index (χ4v) is 1.73. The molecule has 0 saturated carbocycles. The number of nitrogens with zero attached hydrogens (tertiary/aromatic N) is 3. The second-order valence-corrected chi connectivity index (χ2v) is 4.16. The molecule has 0 spiro atoms. The molecule has 0 saturated heterocycles. The van der Waals surface area contributed by atoms with Gasteiger partial charge in [0, 0.05) is 13.6 Å². The summed E-state index contributed by atoms with van der Waals surface area (Å²) < 4.78 is 12.9. The largest absolute Gasteiger partial charge is 0.493 e. The van der Waals surface area contributed by atoms with Gasteiger partial charge in [-0.25, -0.2) is 0 Å². The Kier molecular flexibility index (Phi) is 4.35. The van der Waals surface area contributed by atoms with Crippen LogP contribution in [0.1, 0.15) is 11.4 Å². The van der Waals surface area contributed by atoms with Crippen molar-refractivity contribution in [3.05, 3.63) is 35.9 Å². The molecule has 6 nitrogen and oxygen atoms in total. The molecule has 0 fully saturated rings. The van der Waals surface area contributed by atoms with Gasteiger partial charge < -0.3 is 19.4 Å². The summed E-state index contributed by atoms with van der Waals surface area (Å²) in [4.78, 5) is 0. The number of aryl methyl sites for hydroxylation is 1. The quantitative estimate of drug-likeness (QED) is 0.845. The average molecular weight is 262 g/mol. The molecule has 0 aliphatic rings. The second-order valence-electron chi connectivity index (χ2n) is 4.16.